The predicted octanol–water partition coefficient (Wildman–Crippen LogP) is 3.49. The number of anilines is 1. The Morgan fingerprint density at radius 3 is 2.39 bits per heavy atom. The van der Waals surface area contributed by atoms with Gasteiger partial charge in [-0.2, -0.15) is 0 Å². The maximum absolute atomic E-state index is 12.5. The number of rotatable bonds is 6. The van der Waals surface area contributed by atoms with Gasteiger partial charge >= 0.3 is 0 Å². The number of ether oxygens (including phenoxy) is 4. The van der Waals surface area contributed by atoms with Crippen LogP contribution in [-0.2, 0) is 11.3 Å². The van der Waals surface area contributed by atoms with Gasteiger partial charge in [0.2, 0.25) is 5.91 Å². The van der Waals surface area contributed by atoms with Crippen LogP contribution in [0.4, 0.5) is 5.69 Å². The van der Waals surface area contributed by atoms with E-state index in [4.69, 9.17) is 18.9 Å². The number of carbonyl (C=O) groups is 1. The molecule has 0 N–H and O–H groups in total. The minimum atomic E-state index is 0.0394. The van der Waals surface area contributed by atoms with Crippen LogP contribution in [0.2, 0.25) is 0 Å². The molecule has 7 nitrogen and oxygen atoms in total. The number of fused-ring (bicyclic) bond motifs is 1. The fourth-order valence-electron chi connectivity index (χ4n) is 4.40. The van der Waals surface area contributed by atoms with E-state index >= 15 is 0 Å². The molecule has 0 atom stereocenters. The summed E-state index contributed by atoms with van der Waals surface area (Å²) in [6.07, 6.45) is 1.83. The van der Waals surface area contributed by atoms with Crippen molar-refractivity contribution >= 4 is 11.6 Å². The topological polar surface area (TPSA) is 60.5 Å². The quantitative estimate of drug-likeness (QED) is 0.705. The van der Waals surface area contributed by atoms with Crippen molar-refractivity contribution in [2.24, 2.45) is 0 Å². The molecular formula is C24H30N2O5. The van der Waals surface area contributed by atoms with Crippen LogP contribution in [0.15, 0.2) is 36.4 Å². The van der Waals surface area contributed by atoms with Crippen molar-refractivity contribution < 1.29 is 23.7 Å². The van der Waals surface area contributed by atoms with E-state index in [-0.39, 0.29) is 11.9 Å². The molecule has 0 spiro atoms. The average molecular weight is 427 g/mol. The molecule has 31 heavy (non-hydrogen) atoms. The maximum Gasteiger partial charge on any atom is 0.224 e. The second-order valence-electron chi connectivity index (χ2n) is 7.91. The summed E-state index contributed by atoms with van der Waals surface area (Å²) >= 11 is 0. The molecule has 0 radical (unpaired) electrons. The highest BCUT2D eigenvalue weighted by molar-refractivity contribution is 5.92. The normalized spacial score (nSPS) is 16.6. The minimum Gasteiger partial charge on any atom is -0.493 e. The largest absolute Gasteiger partial charge is 0.493 e. The van der Waals surface area contributed by atoms with Crippen molar-refractivity contribution in [2.45, 2.75) is 32.4 Å². The maximum atomic E-state index is 12.5. The molecule has 1 amide bonds. The Morgan fingerprint density at radius 2 is 1.71 bits per heavy atom. The molecule has 2 aliphatic heterocycles. The van der Waals surface area contributed by atoms with Crippen LogP contribution in [0.5, 0.6) is 23.0 Å². The van der Waals surface area contributed by atoms with E-state index in [0.717, 1.165) is 49.7 Å². The highest BCUT2D eigenvalue weighted by Crippen LogP contribution is 2.34. The Kier molecular flexibility index (Phi) is 6.51. The van der Waals surface area contributed by atoms with Gasteiger partial charge in [0.25, 0.3) is 0 Å². The summed E-state index contributed by atoms with van der Waals surface area (Å²) in [6.45, 7) is 5.54. The summed E-state index contributed by atoms with van der Waals surface area (Å²) in [5.41, 5.74) is 2.06. The first-order valence-corrected chi connectivity index (χ1v) is 10.7. The average Bonchev–Trinajstić information content (AvgIpc) is 2.80. The molecule has 1 fully saturated rings. The van der Waals surface area contributed by atoms with Crippen LogP contribution in [0.25, 0.3) is 0 Å². The third kappa shape index (κ3) is 4.71. The van der Waals surface area contributed by atoms with Gasteiger partial charge in [0, 0.05) is 44.4 Å². The number of carbonyl (C=O) groups excluding carboxylic acids is 1. The molecule has 166 valence electrons. The molecule has 4 rings (SSSR count). The van der Waals surface area contributed by atoms with Gasteiger partial charge in [0.15, 0.2) is 23.0 Å². The molecule has 0 saturated carbocycles. The zero-order chi connectivity index (χ0) is 21.8. The van der Waals surface area contributed by atoms with Gasteiger partial charge in [-0.1, -0.05) is 6.07 Å². The van der Waals surface area contributed by atoms with Crippen LogP contribution in [-0.4, -0.2) is 57.4 Å². The van der Waals surface area contributed by atoms with E-state index in [2.05, 4.69) is 17.0 Å². The summed E-state index contributed by atoms with van der Waals surface area (Å²) in [7, 11) is 3.22. The smallest absolute Gasteiger partial charge is 0.224 e. The second-order valence-corrected chi connectivity index (χ2v) is 7.91. The van der Waals surface area contributed by atoms with E-state index in [1.165, 1.54) is 5.56 Å². The number of hydrogen-bond acceptors (Lipinski definition) is 6. The third-order valence-corrected chi connectivity index (χ3v) is 5.92. The van der Waals surface area contributed by atoms with E-state index in [0.29, 0.717) is 24.7 Å². The van der Waals surface area contributed by atoms with Crippen LogP contribution in [0.1, 0.15) is 25.3 Å². The van der Waals surface area contributed by atoms with Crippen molar-refractivity contribution in [3.05, 3.63) is 42.0 Å². The summed E-state index contributed by atoms with van der Waals surface area (Å²) < 4.78 is 22.1. The molecule has 0 aromatic heterocycles. The Labute approximate surface area is 183 Å². The molecule has 2 aromatic rings. The number of benzene rings is 2. The Bertz CT molecular complexity index is 924. The van der Waals surface area contributed by atoms with E-state index < -0.39 is 0 Å². The Morgan fingerprint density at radius 1 is 1.00 bits per heavy atom. The number of likely N-dealkylation sites (tertiary alicyclic amines) is 1. The number of hydrogen-bond donors (Lipinski definition) is 0. The minimum absolute atomic E-state index is 0.0394. The molecule has 0 aliphatic carbocycles. The van der Waals surface area contributed by atoms with Crippen molar-refractivity contribution in [1.82, 2.24) is 4.90 Å². The fraction of sp³-hybridized carbons (Fsp3) is 0.458. The summed E-state index contributed by atoms with van der Waals surface area (Å²) in [5.74, 6) is 2.97. The highest BCUT2D eigenvalue weighted by atomic mass is 16.6. The van der Waals surface area contributed by atoms with Crippen LogP contribution in [0, 0.1) is 0 Å². The molecule has 0 unspecified atom stereocenters. The van der Waals surface area contributed by atoms with E-state index in [1.807, 2.05) is 29.2 Å². The van der Waals surface area contributed by atoms with Crippen molar-refractivity contribution in [1.29, 1.82) is 0 Å². The lowest BCUT2D eigenvalue weighted by atomic mass is 10.0. The van der Waals surface area contributed by atoms with Gasteiger partial charge in [-0.15, -0.1) is 0 Å². The van der Waals surface area contributed by atoms with Crippen molar-refractivity contribution in [3.63, 3.8) is 0 Å². The lowest BCUT2D eigenvalue weighted by molar-refractivity contribution is -0.117. The lowest BCUT2D eigenvalue weighted by Gasteiger charge is -2.38. The highest BCUT2D eigenvalue weighted by Gasteiger charge is 2.28. The third-order valence-electron chi connectivity index (χ3n) is 5.92. The number of nitrogens with zero attached hydrogens (tertiary/aromatic N) is 2. The van der Waals surface area contributed by atoms with Gasteiger partial charge in [0.1, 0.15) is 13.2 Å². The summed E-state index contributed by atoms with van der Waals surface area (Å²) in [6, 6.07) is 12.0. The van der Waals surface area contributed by atoms with Gasteiger partial charge in [-0.25, -0.2) is 0 Å². The van der Waals surface area contributed by atoms with Crippen LogP contribution < -0.4 is 23.8 Å². The zero-order valence-corrected chi connectivity index (χ0v) is 18.4. The van der Waals surface area contributed by atoms with Crippen molar-refractivity contribution in [3.8, 4) is 23.0 Å². The second kappa shape index (κ2) is 9.47. The van der Waals surface area contributed by atoms with Crippen LogP contribution in [0.3, 0.4) is 0 Å². The number of piperidine rings is 1. The molecule has 2 aromatic carbocycles. The molecule has 0 bridgehead atoms. The number of methoxy groups -OCH3 is 2. The van der Waals surface area contributed by atoms with Gasteiger partial charge < -0.3 is 23.8 Å². The predicted molar refractivity (Wildman–Crippen MR) is 118 cm³/mol. The molecule has 2 aliphatic rings. The Balaban J connectivity index is 1.41. The lowest BCUT2D eigenvalue weighted by Crippen LogP contribution is -2.46. The first kappa shape index (κ1) is 21.3. The number of amides is 1. The van der Waals surface area contributed by atoms with Gasteiger partial charge in [-0.3, -0.25) is 9.69 Å². The standard InChI is InChI=1S/C24H30N2O5/c1-17(27)26(20-5-7-21(28-2)23(15-20)29-3)19-8-10-25(11-9-19)16-18-4-6-22-24(14-18)31-13-12-30-22/h4-7,14-15,19H,8-13,16H2,1-3H3. The molecule has 7 heteroatoms. The molecule has 2 heterocycles. The summed E-state index contributed by atoms with van der Waals surface area (Å²) in [4.78, 5) is 16.8. The van der Waals surface area contributed by atoms with Gasteiger partial charge in [-0.05, 0) is 42.7 Å². The fourth-order valence-corrected chi connectivity index (χ4v) is 4.40. The van der Waals surface area contributed by atoms with E-state index in [9.17, 15) is 4.79 Å². The van der Waals surface area contributed by atoms with E-state index in [1.54, 1.807) is 21.1 Å². The van der Waals surface area contributed by atoms with Crippen LogP contribution >= 0.6 is 0 Å². The first-order chi connectivity index (χ1) is 15.1. The molecule has 1 saturated heterocycles. The van der Waals surface area contributed by atoms with Gasteiger partial charge in [0.05, 0.1) is 14.2 Å². The zero-order valence-electron chi connectivity index (χ0n) is 18.4. The SMILES string of the molecule is COc1ccc(N(C(C)=O)C2CCN(Cc3ccc4c(c3)OCCO4)CC2)cc1OC. The summed E-state index contributed by atoms with van der Waals surface area (Å²) in [5, 5.41) is 0. The van der Waals surface area contributed by atoms with Crippen molar-refractivity contribution in [2.75, 3.05) is 45.4 Å². The Hall–Kier alpha value is -2.93. The molecular weight excluding hydrogens is 396 g/mol. The monoisotopic (exact) mass is 426 g/mol. The first-order valence-electron chi connectivity index (χ1n) is 10.7.